The number of anilines is 1. The van der Waals surface area contributed by atoms with Gasteiger partial charge in [-0.15, -0.1) is 0 Å². The Morgan fingerprint density at radius 1 is 1.35 bits per heavy atom. The summed E-state index contributed by atoms with van der Waals surface area (Å²) in [5, 5.41) is 12.7. The number of carboxylic acids is 1. The van der Waals surface area contributed by atoms with Gasteiger partial charge in [0.1, 0.15) is 5.82 Å². The molecule has 6 heteroatoms. The molecule has 0 bridgehead atoms. The average molecular weight is 353 g/mol. The van der Waals surface area contributed by atoms with Gasteiger partial charge >= 0.3 is 5.97 Å². The fraction of sp³-hybridized carbons (Fsp3) is 0.350. The Balaban J connectivity index is 1.87. The van der Waals surface area contributed by atoms with Gasteiger partial charge in [-0.1, -0.05) is 19.1 Å². The van der Waals surface area contributed by atoms with E-state index in [1.54, 1.807) is 23.2 Å². The third-order valence-electron chi connectivity index (χ3n) is 4.90. The van der Waals surface area contributed by atoms with Gasteiger partial charge in [0.05, 0.1) is 12.1 Å². The number of benzene rings is 1. The highest BCUT2D eigenvalue weighted by Gasteiger charge is 2.29. The number of carbonyl (C=O) groups excluding carboxylic acids is 1. The summed E-state index contributed by atoms with van der Waals surface area (Å²) in [7, 11) is 0. The SMILES string of the molecule is CCc1cc([C@H](C)Nc2nccc3c2CN(CC)C3=O)ccc1C(=O)O. The lowest BCUT2D eigenvalue weighted by Crippen LogP contribution is -2.22. The monoisotopic (exact) mass is 353 g/mol. The Labute approximate surface area is 152 Å². The molecule has 0 fully saturated rings. The molecular weight excluding hydrogens is 330 g/mol. The molecule has 26 heavy (non-hydrogen) atoms. The van der Waals surface area contributed by atoms with Gasteiger partial charge in [-0.05, 0) is 43.5 Å². The van der Waals surface area contributed by atoms with E-state index < -0.39 is 5.97 Å². The first-order valence-electron chi connectivity index (χ1n) is 8.86. The molecule has 1 aliphatic heterocycles. The van der Waals surface area contributed by atoms with Crippen molar-refractivity contribution in [3.05, 3.63) is 58.3 Å². The molecule has 0 saturated heterocycles. The van der Waals surface area contributed by atoms with Gasteiger partial charge in [-0.3, -0.25) is 4.79 Å². The van der Waals surface area contributed by atoms with Crippen molar-refractivity contribution in [3.63, 3.8) is 0 Å². The number of nitrogens with zero attached hydrogens (tertiary/aromatic N) is 2. The van der Waals surface area contributed by atoms with Crippen LogP contribution >= 0.6 is 0 Å². The summed E-state index contributed by atoms with van der Waals surface area (Å²) >= 11 is 0. The van der Waals surface area contributed by atoms with E-state index in [0.717, 1.165) is 16.7 Å². The van der Waals surface area contributed by atoms with Crippen molar-refractivity contribution in [2.75, 3.05) is 11.9 Å². The number of amides is 1. The van der Waals surface area contributed by atoms with E-state index in [9.17, 15) is 14.7 Å². The molecule has 0 spiro atoms. The minimum atomic E-state index is -0.908. The third kappa shape index (κ3) is 3.14. The number of carboxylic acid groups (broad SMARTS) is 1. The van der Waals surface area contributed by atoms with Gasteiger partial charge in [-0.25, -0.2) is 9.78 Å². The number of aromatic carboxylic acids is 1. The van der Waals surface area contributed by atoms with Crippen LogP contribution in [0.25, 0.3) is 0 Å². The van der Waals surface area contributed by atoms with Crippen LogP contribution in [-0.4, -0.2) is 33.4 Å². The topological polar surface area (TPSA) is 82.5 Å². The van der Waals surface area contributed by atoms with Crippen molar-refractivity contribution < 1.29 is 14.7 Å². The predicted octanol–water partition coefficient (Wildman–Crippen LogP) is 3.49. The van der Waals surface area contributed by atoms with Gasteiger partial charge in [0.25, 0.3) is 5.91 Å². The first-order valence-corrected chi connectivity index (χ1v) is 8.86. The number of fused-ring (bicyclic) bond motifs is 1. The number of hydrogen-bond acceptors (Lipinski definition) is 4. The average Bonchev–Trinajstić information content (AvgIpc) is 2.98. The quantitative estimate of drug-likeness (QED) is 0.831. The Hall–Kier alpha value is -2.89. The minimum absolute atomic E-state index is 0.0414. The largest absolute Gasteiger partial charge is 0.478 e. The van der Waals surface area contributed by atoms with Crippen molar-refractivity contribution in [1.29, 1.82) is 0 Å². The van der Waals surface area contributed by atoms with E-state index in [0.29, 0.717) is 36.5 Å². The second-order valence-corrected chi connectivity index (χ2v) is 6.45. The number of rotatable bonds is 6. The molecule has 0 unspecified atom stereocenters. The smallest absolute Gasteiger partial charge is 0.335 e. The van der Waals surface area contributed by atoms with Crippen LogP contribution in [0.3, 0.4) is 0 Å². The van der Waals surface area contributed by atoms with Crippen LogP contribution in [0.1, 0.15) is 64.2 Å². The summed E-state index contributed by atoms with van der Waals surface area (Å²) in [6.45, 7) is 7.14. The Morgan fingerprint density at radius 2 is 2.12 bits per heavy atom. The molecule has 1 amide bonds. The first-order chi connectivity index (χ1) is 12.5. The first kappa shape index (κ1) is 17.9. The molecule has 0 saturated carbocycles. The number of aromatic nitrogens is 1. The van der Waals surface area contributed by atoms with E-state index in [1.165, 1.54) is 0 Å². The Kier molecular flexibility index (Phi) is 4.93. The lowest BCUT2D eigenvalue weighted by atomic mass is 9.98. The summed E-state index contributed by atoms with van der Waals surface area (Å²) in [4.78, 5) is 29.9. The summed E-state index contributed by atoms with van der Waals surface area (Å²) in [5.41, 5.74) is 3.76. The Morgan fingerprint density at radius 3 is 2.77 bits per heavy atom. The molecule has 0 radical (unpaired) electrons. The van der Waals surface area contributed by atoms with Crippen molar-refractivity contribution >= 4 is 17.7 Å². The molecule has 2 heterocycles. The van der Waals surface area contributed by atoms with E-state index in [4.69, 9.17) is 0 Å². The summed E-state index contributed by atoms with van der Waals surface area (Å²) in [6.07, 6.45) is 2.30. The number of hydrogen-bond donors (Lipinski definition) is 2. The highest BCUT2D eigenvalue weighted by Crippen LogP contribution is 2.30. The normalized spacial score (nSPS) is 14.3. The summed E-state index contributed by atoms with van der Waals surface area (Å²) in [5.74, 6) is -0.158. The second kappa shape index (κ2) is 7.15. The zero-order valence-corrected chi connectivity index (χ0v) is 15.2. The van der Waals surface area contributed by atoms with Crippen LogP contribution in [0.15, 0.2) is 30.5 Å². The molecule has 3 rings (SSSR count). The maximum absolute atomic E-state index is 12.3. The van der Waals surface area contributed by atoms with Crippen molar-refractivity contribution in [3.8, 4) is 0 Å². The number of carbonyl (C=O) groups is 2. The molecular formula is C20H23N3O3. The van der Waals surface area contributed by atoms with Crippen molar-refractivity contribution in [2.45, 2.75) is 39.8 Å². The van der Waals surface area contributed by atoms with Crippen molar-refractivity contribution in [2.24, 2.45) is 0 Å². The molecule has 0 aliphatic carbocycles. The number of pyridine rings is 1. The number of aryl methyl sites for hydroxylation is 1. The lowest BCUT2D eigenvalue weighted by molar-refractivity contribution is 0.0695. The fourth-order valence-electron chi connectivity index (χ4n) is 3.34. The minimum Gasteiger partial charge on any atom is -0.478 e. The zero-order valence-electron chi connectivity index (χ0n) is 15.2. The van der Waals surface area contributed by atoms with Crippen LogP contribution < -0.4 is 5.32 Å². The van der Waals surface area contributed by atoms with Gasteiger partial charge in [-0.2, -0.15) is 0 Å². The van der Waals surface area contributed by atoms with E-state index in [-0.39, 0.29) is 11.9 Å². The highest BCUT2D eigenvalue weighted by atomic mass is 16.4. The predicted molar refractivity (Wildman–Crippen MR) is 99.5 cm³/mol. The summed E-state index contributed by atoms with van der Waals surface area (Å²) < 4.78 is 0. The molecule has 1 aromatic heterocycles. The van der Waals surface area contributed by atoms with Gasteiger partial charge < -0.3 is 15.3 Å². The number of nitrogens with one attached hydrogen (secondary N) is 1. The fourth-order valence-corrected chi connectivity index (χ4v) is 3.34. The van der Waals surface area contributed by atoms with Crippen LogP contribution in [0.2, 0.25) is 0 Å². The van der Waals surface area contributed by atoms with E-state index in [1.807, 2.05) is 32.9 Å². The maximum atomic E-state index is 12.3. The molecule has 6 nitrogen and oxygen atoms in total. The van der Waals surface area contributed by atoms with Crippen LogP contribution in [-0.2, 0) is 13.0 Å². The van der Waals surface area contributed by atoms with E-state index in [2.05, 4.69) is 10.3 Å². The Bertz CT molecular complexity index is 863. The highest BCUT2D eigenvalue weighted by molar-refractivity contribution is 5.99. The molecule has 136 valence electrons. The van der Waals surface area contributed by atoms with Crippen LogP contribution in [0.5, 0.6) is 0 Å². The summed E-state index contributed by atoms with van der Waals surface area (Å²) in [6, 6.07) is 7.11. The molecule has 1 aromatic carbocycles. The molecule has 2 aromatic rings. The maximum Gasteiger partial charge on any atom is 0.335 e. The van der Waals surface area contributed by atoms with Gasteiger partial charge in [0.2, 0.25) is 0 Å². The zero-order chi connectivity index (χ0) is 18.8. The second-order valence-electron chi connectivity index (χ2n) is 6.45. The van der Waals surface area contributed by atoms with Gasteiger partial charge in [0.15, 0.2) is 0 Å². The van der Waals surface area contributed by atoms with Crippen molar-refractivity contribution in [1.82, 2.24) is 9.88 Å². The molecule has 1 atom stereocenters. The van der Waals surface area contributed by atoms with Gasteiger partial charge in [0, 0.05) is 29.9 Å². The lowest BCUT2D eigenvalue weighted by Gasteiger charge is -2.18. The standard InChI is InChI=1S/C20H23N3O3/c1-4-13-10-14(6-7-15(13)20(25)26)12(3)22-18-17-11-23(5-2)19(24)16(17)8-9-21-18/h6-10,12H,4-5,11H2,1-3H3,(H,21,22)(H,25,26)/t12-/m0/s1. The molecule has 1 aliphatic rings. The third-order valence-corrected chi connectivity index (χ3v) is 4.90. The van der Waals surface area contributed by atoms with Crippen LogP contribution in [0, 0.1) is 0 Å². The molecule has 2 N–H and O–H groups in total. The van der Waals surface area contributed by atoms with Crippen LogP contribution in [0.4, 0.5) is 5.82 Å². The van der Waals surface area contributed by atoms with E-state index >= 15 is 0 Å².